The summed E-state index contributed by atoms with van der Waals surface area (Å²) in [6.07, 6.45) is 4.45. The highest BCUT2D eigenvalue weighted by Gasteiger charge is 2.06. The number of fused-ring (bicyclic) bond motifs is 1. The van der Waals surface area contributed by atoms with Gasteiger partial charge in [-0.25, -0.2) is 4.98 Å². The molecule has 0 saturated carbocycles. The highest BCUT2D eigenvalue weighted by Crippen LogP contribution is 2.11. The van der Waals surface area contributed by atoms with Crippen LogP contribution in [0.1, 0.15) is 16.2 Å². The van der Waals surface area contributed by atoms with Crippen LogP contribution in [0, 0.1) is 0 Å². The largest absolute Gasteiger partial charge is 0.345 e. The number of hydrogen-bond donors (Lipinski definition) is 1. The maximum absolute atomic E-state index is 11.8. The van der Waals surface area contributed by atoms with Gasteiger partial charge in [0.05, 0.1) is 24.0 Å². The van der Waals surface area contributed by atoms with Crippen molar-refractivity contribution in [2.45, 2.75) is 6.54 Å². The number of amides is 1. The molecule has 20 heavy (non-hydrogen) atoms. The molecule has 1 N–H and O–H groups in total. The number of carbonyl (C=O) groups is 1. The molecule has 98 valence electrons. The maximum atomic E-state index is 11.8. The molecule has 0 aliphatic rings. The summed E-state index contributed by atoms with van der Waals surface area (Å²) < 4.78 is 0. The first-order valence-electron chi connectivity index (χ1n) is 6.22. The number of nitrogens with one attached hydrogen (secondary N) is 1. The van der Waals surface area contributed by atoms with Crippen LogP contribution in [0.3, 0.4) is 0 Å². The van der Waals surface area contributed by atoms with Gasteiger partial charge in [-0.2, -0.15) is 0 Å². The number of benzene rings is 1. The van der Waals surface area contributed by atoms with E-state index >= 15 is 0 Å². The van der Waals surface area contributed by atoms with E-state index in [0.29, 0.717) is 12.2 Å². The molecule has 3 aromatic rings. The van der Waals surface area contributed by atoms with Crippen LogP contribution in [-0.2, 0) is 6.54 Å². The molecule has 0 unspecified atom stereocenters. The first-order chi connectivity index (χ1) is 9.83. The van der Waals surface area contributed by atoms with Crippen molar-refractivity contribution in [3.63, 3.8) is 0 Å². The van der Waals surface area contributed by atoms with E-state index in [0.717, 1.165) is 16.6 Å². The standard InChI is InChI=1S/C15H12N4O/c20-15(14-10-16-7-8-17-14)18-9-12-6-5-11-3-1-2-4-13(11)19-12/h1-8,10H,9H2,(H,18,20). The summed E-state index contributed by atoms with van der Waals surface area (Å²) in [5.41, 5.74) is 2.02. The van der Waals surface area contributed by atoms with Crippen LogP contribution in [0.5, 0.6) is 0 Å². The van der Waals surface area contributed by atoms with Gasteiger partial charge in [0, 0.05) is 17.8 Å². The summed E-state index contributed by atoms with van der Waals surface area (Å²) in [5, 5.41) is 3.86. The van der Waals surface area contributed by atoms with Crippen molar-refractivity contribution in [3.8, 4) is 0 Å². The predicted octanol–water partition coefficient (Wildman–Crippen LogP) is 1.95. The Morgan fingerprint density at radius 3 is 2.85 bits per heavy atom. The molecular formula is C15H12N4O. The average Bonchev–Trinajstić information content (AvgIpc) is 2.53. The fourth-order valence-corrected chi connectivity index (χ4v) is 1.88. The van der Waals surface area contributed by atoms with Gasteiger partial charge in [-0.1, -0.05) is 24.3 Å². The highest BCUT2D eigenvalue weighted by molar-refractivity contribution is 5.91. The van der Waals surface area contributed by atoms with E-state index in [1.807, 2.05) is 36.4 Å². The van der Waals surface area contributed by atoms with Crippen molar-refractivity contribution in [2.24, 2.45) is 0 Å². The van der Waals surface area contributed by atoms with Crippen LogP contribution in [0.15, 0.2) is 55.0 Å². The minimum atomic E-state index is -0.256. The van der Waals surface area contributed by atoms with Crippen LogP contribution >= 0.6 is 0 Å². The molecule has 0 radical (unpaired) electrons. The van der Waals surface area contributed by atoms with Crippen molar-refractivity contribution < 1.29 is 4.79 Å². The zero-order valence-corrected chi connectivity index (χ0v) is 10.7. The molecule has 2 aromatic heterocycles. The average molecular weight is 264 g/mol. The number of carbonyl (C=O) groups excluding carboxylic acids is 1. The Bertz CT molecular complexity index is 743. The zero-order valence-electron chi connectivity index (χ0n) is 10.7. The first-order valence-corrected chi connectivity index (χ1v) is 6.22. The molecule has 0 fully saturated rings. The van der Waals surface area contributed by atoms with Crippen LogP contribution < -0.4 is 5.32 Å². The smallest absolute Gasteiger partial charge is 0.271 e. The third kappa shape index (κ3) is 2.61. The Morgan fingerprint density at radius 1 is 1.10 bits per heavy atom. The van der Waals surface area contributed by atoms with Gasteiger partial charge in [0.25, 0.3) is 5.91 Å². The molecule has 0 aliphatic carbocycles. The molecule has 5 heteroatoms. The van der Waals surface area contributed by atoms with E-state index in [1.54, 1.807) is 0 Å². The lowest BCUT2D eigenvalue weighted by molar-refractivity contribution is 0.0945. The molecule has 3 rings (SSSR count). The van der Waals surface area contributed by atoms with Crippen LogP contribution in [0.2, 0.25) is 0 Å². The van der Waals surface area contributed by atoms with Gasteiger partial charge in [0.15, 0.2) is 0 Å². The normalized spacial score (nSPS) is 10.4. The molecule has 0 atom stereocenters. The summed E-state index contributed by atoms with van der Waals surface area (Å²) in [4.78, 5) is 24.1. The number of aromatic nitrogens is 3. The van der Waals surface area contributed by atoms with E-state index in [-0.39, 0.29) is 5.91 Å². The minimum absolute atomic E-state index is 0.256. The first kappa shape index (κ1) is 12.2. The van der Waals surface area contributed by atoms with Crippen molar-refractivity contribution in [1.82, 2.24) is 20.3 Å². The highest BCUT2D eigenvalue weighted by atomic mass is 16.1. The molecule has 0 spiro atoms. The SMILES string of the molecule is O=C(NCc1ccc2ccccc2n1)c1cnccn1. The summed E-state index contributed by atoms with van der Waals surface area (Å²) in [6.45, 7) is 0.361. The third-order valence-corrected chi connectivity index (χ3v) is 2.88. The van der Waals surface area contributed by atoms with E-state index in [1.165, 1.54) is 18.6 Å². The summed E-state index contributed by atoms with van der Waals surface area (Å²) in [5.74, 6) is -0.256. The van der Waals surface area contributed by atoms with Gasteiger partial charge in [-0.15, -0.1) is 0 Å². The summed E-state index contributed by atoms with van der Waals surface area (Å²) in [7, 11) is 0. The molecule has 0 aliphatic heterocycles. The van der Waals surface area contributed by atoms with E-state index in [9.17, 15) is 4.79 Å². The van der Waals surface area contributed by atoms with Crippen molar-refractivity contribution in [2.75, 3.05) is 0 Å². The van der Waals surface area contributed by atoms with Gasteiger partial charge >= 0.3 is 0 Å². The molecular weight excluding hydrogens is 252 g/mol. The number of hydrogen-bond acceptors (Lipinski definition) is 4. The Hall–Kier alpha value is -2.82. The third-order valence-electron chi connectivity index (χ3n) is 2.88. The van der Waals surface area contributed by atoms with Crippen LogP contribution in [-0.4, -0.2) is 20.9 Å². The fourth-order valence-electron chi connectivity index (χ4n) is 1.88. The molecule has 1 aromatic carbocycles. The maximum Gasteiger partial charge on any atom is 0.271 e. The second-order valence-electron chi connectivity index (χ2n) is 4.27. The second kappa shape index (κ2) is 5.44. The fraction of sp³-hybridized carbons (Fsp3) is 0.0667. The van der Waals surface area contributed by atoms with Crippen molar-refractivity contribution >= 4 is 16.8 Å². The zero-order chi connectivity index (χ0) is 13.8. The van der Waals surface area contributed by atoms with Crippen LogP contribution in [0.25, 0.3) is 10.9 Å². The Labute approximate surface area is 115 Å². The van der Waals surface area contributed by atoms with Gasteiger partial charge < -0.3 is 5.32 Å². The second-order valence-corrected chi connectivity index (χ2v) is 4.27. The topological polar surface area (TPSA) is 67.8 Å². The molecule has 5 nitrogen and oxygen atoms in total. The summed E-state index contributed by atoms with van der Waals surface area (Å²) in [6, 6.07) is 11.8. The number of para-hydroxylation sites is 1. The lowest BCUT2D eigenvalue weighted by Crippen LogP contribution is -2.24. The Morgan fingerprint density at radius 2 is 2.00 bits per heavy atom. The predicted molar refractivity (Wildman–Crippen MR) is 74.9 cm³/mol. The monoisotopic (exact) mass is 264 g/mol. The molecule has 0 bridgehead atoms. The van der Waals surface area contributed by atoms with E-state index in [2.05, 4.69) is 20.3 Å². The van der Waals surface area contributed by atoms with Crippen molar-refractivity contribution in [3.05, 3.63) is 66.4 Å². The number of rotatable bonds is 3. The van der Waals surface area contributed by atoms with Gasteiger partial charge in [0.2, 0.25) is 0 Å². The quantitative estimate of drug-likeness (QED) is 0.785. The Kier molecular flexibility index (Phi) is 3.33. The molecule has 2 heterocycles. The summed E-state index contributed by atoms with van der Waals surface area (Å²) >= 11 is 0. The van der Waals surface area contributed by atoms with Crippen molar-refractivity contribution in [1.29, 1.82) is 0 Å². The lowest BCUT2D eigenvalue weighted by Gasteiger charge is -2.05. The number of nitrogens with zero attached hydrogens (tertiary/aromatic N) is 3. The van der Waals surface area contributed by atoms with Gasteiger partial charge in [-0.05, 0) is 12.1 Å². The molecule has 0 saturated heterocycles. The van der Waals surface area contributed by atoms with E-state index < -0.39 is 0 Å². The van der Waals surface area contributed by atoms with Crippen LogP contribution in [0.4, 0.5) is 0 Å². The Balaban J connectivity index is 1.72. The lowest BCUT2D eigenvalue weighted by atomic mass is 10.2. The molecule has 1 amide bonds. The minimum Gasteiger partial charge on any atom is -0.345 e. The van der Waals surface area contributed by atoms with E-state index in [4.69, 9.17) is 0 Å². The van der Waals surface area contributed by atoms with Gasteiger partial charge in [-0.3, -0.25) is 14.8 Å². The number of pyridine rings is 1. The van der Waals surface area contributed by atoms with Gasteiger partial charge in [0.1, 0.15) is 5.69 Å².